The van der Waals surface area contributed by atoms with Crippen molar-refractivity contribution in [2.24, 2.45) is 9.81 Å². The average molecular weight is 427 g/mol. The quantitative estimate of drug-likeness (QED) is 0.688. The van der Waals surface area contributed by atoms with Crippen molar-refractivity contribution in [3.05, 3.63) is 33.8 Å². The number of hydrogen-bond donors (Lipinski definition) is 1. The van der Waals surface area contributed by atoms with Gasteiger partial charge in [0.15, 0.2) is 0 Å². The standard InChI is InChI=1S/C18H23BrN2O3S/c1-17(2,3)25(24)20-15-14-10-13(19)5-4-12(14)11-18(15)6-8-21(9-7-18)16(22)23/h4-5,10H,6-9,11H2,1-3H3,(H,22,23)/b20-15-/t25-/m1/s1. The van der Waals surface area contributed by atoms with E-state index in [2.05, 4.69) is 26.4 Å². The molecular weight excluding hydrogens is 404 g/mol. The fourth-order valence-electron chi connectivity index (χ4n) is 3.56. The number of amides is 1. The van der Waals surface area contributed by atoms with Crippen LogP contribution in [0, 0.1) is 5.41 Å². The minimum Gasteiger partial charge on any atom is -0.591 e. The number of halogens is 1. The summed E-state index contributed by atoms with van der Waals surface area (Å²) in [5, 5.41) is 9.24. The maximum absolute atomic E-state index is 12.7. The Bertz CT molecular complexity index is 722. The second-order valence-electron chi connectivity index (χ2n) is 7.83. The Kier molecular flexibility index (Phi) is 4.94. The van der Waals surface area contributed by atoms with Gasteiger partial charge in [-0.05, 0) is 57.7 Å². The number of carboxylic acid groups (broad SMARTS) is 1. The maximum atomic E-state index is 12.7. The van der Waals surface area contributed by atoms with Gasteiger partial charge in [-0.1, -0.05) is 26.4 Å². The van der Waals surface area contributed by atoms with Crippen molar-refractivity contribution in [3.63, 3.8) is 0 Å². The number of likely N-dealkylation sites (tertiary alicyclic amines) is 1. The van der Waals surface area contributed by atoms with Crippen LogP contribution in [0.2, 0.25) is 0 Å². The zero-order chi connectivity index (χ0) is 18.4. The number of nitrogens with zero attached hydrogens (tertiary/aromatic N) is 2. The maximum Gasteiger partial charge on any atom is 0.407 e. The molecule has 1 aromatic rings. The summed E-state index contributed by atoms with van der Waals surface area (Å²) in [6.45, 7) is 6.74. The number of carbonyl (C=O) groups is 1. The van der Waals surface area contributed by atoms with Gasteiger partial charge in [-0.2, -0.15) is 0 Å². The van der Waals surface area contributed by atoms with Crippen LogP contribution < -0.4 is 0 Å². The van der Waals surface area contributed by atoms with Crippen molar-refractivity contribution in [1.29, 1.82) is 0 Å². The summed E-state index contributed by atoms with van der Waals surface area (Å²) in [6, 6.07) is 6.15. The van der Waals surface area contributed by atoms with Crippen molar-refractivity contribution in [2.75, 3.05) is 13.1 Å². The largest absolute Gasteiger partial charge is 0.591 e. The first kappa shape index (κ1) is 18.7. The van der Waals surface area contributed by atoms with Crippen molar-refractivity contribution in [1.82, 2.24) is 4.90 Å². The van der Waals surface area contributed by atoms with E-state index in [0.717, 1.165) is 22.2 Å². The zero-order valence-corrected chi connectivity index (χ0v) is 17.1. The van der Waals surface area contributed by atoms with Crippen LogP contribution in [0.25, 0.3) is 0 Å². The predicted octanol–water partition coefficient (Wildman–Crippen LogP) is 4.02. The highest BCUT2D eigenvalue weighted by molar-refractivity contribution is 9.10. The van der Waals surface area contributed by atoms with Crippen LogP contribution in [0.5, 0.6) is 0 Å². The summed E-state index contributed by atoms with van der Waals surface area (Å²) in [5.41, 5.74) is 2.94. The molecule has 2 aliphatic rings. The van der Waals surface area contributed by atoms with Gasteiger partial charge in [-0.25, -0.2) is 4.79 Å². The topological polar surface area (TPSA) is 76.0 Å². The Hall–Kier alpha value is -1.05. The second kappa shape index (κ2) is 6.59. The third-order valence-corrected chi connectivity index (χ3v) is 6.94. The molecule has 0 radical (unpaired) electrons. The number of piperidine rings is 1. The van der Waals surface area contributed by atoms with E-state index in [4.69, 9.17) is 0 Å². The minimum atomic E-state index is -1.34. The molecule has 1 aliphatic heterocycles. The van der Waals surface area contributed by atoms with E-state index in [0.29, 0.717) is 25.9 Å². The molecule has 1 spiro atoms. The van der Waals surface area contributed by atoms with Crippen LogP contribution in [-0.2, 0) is 17.8 Å². The molecular formula is C18H23BrN2O3S. The van der Waals surface area contributed by atoms with Gasteiger partial charge in [0, 0.05) is 28.5 Å². The van der Waals surface area contributed by atoms with E-state index in [1.165, 1.54) is 10.5 Å². The highest BCUT2D eigenvalue weighted by Gasteiger charge is 2.48. The van der Waals surface area contributed by atoms with Crippen molar-refractivity contribution in [3.8, 4) is 0 Å². The van der Waals surface area contributed by atoms with Gasteiger partial charge in [0.05, 0.1) is 0 Å². The first-order valence-electron chi connectivity index (χ1n) is 8.40. The lowest BCUT2D eigenvalue weighted by atomic mass is 9.74. The number of fused-ring (bicyclic) bond motifs is 1. The molecule has 7 heteroatoms. The van der Waals surface area contributed by atoms with E-state index in [1.54, 1.807) is 0 Å². The lowest BCUT2D eigenvalue weighted by molar-refractivity contribution is 0.115. The normalized spacial score (nSPS) is 22.3. The summed E-state index contributed by atoms with van der Waals surface area (Å²) >= 11 is 2.18. The van der Waals surface area contributed by atoms with Gasteiger partial charge in [-0.15, -0.1) is 0 Å². The molecule has 0 bridgehead atoms. The Morgan fingerprint density at radius 2 is 2.00 bits per heavy atom. The zero-order valence-electron chi connectivity index (χ0n) is 14.7. The summed E-state index contributed by atoms with van der Waals surface area (Å²) in [4.78, 5) is 12.7. The highest BCUT2D eigenvalue weighted by atomic mass is 79.9. The molecule has 25 heavy (non-hydrogen) atoms. The van der Waals surface area contributed by atoms with Gasteiger partial charge in [-0.3, -0.25) is 0 Å². The number of benzene rings is 1. The molecule has 1 aliphatic carbocycles. The van der Waals surface area contributed by atoms with E-state index < -0.39 is 22.2 Å². The molecule has 1 atom stereocenters. The molecule has 1 aromatic carbocycles. The summed E-state index contributed by atoms with van der Waals surface area (Å²) in [7, 11) is 0. The van der Waals surface area contributed by atoms with E-state index >= 15 is 0 Å². The van der Waals surface area contributed by atoms with Crippen LogP contribution in [-0.4, -0.2) is 44.2 Å². The smallest absolute Gasteiger partial charge is 0.407 e. The first-order chi connectivity index (χ1) is 11.6. The SMILES string of the molecule is CC(C)(C)[S@@+]([O-])/N=C1/c2cc(Br)ccc2CC12CCN(C(=O)O)CC2. The van der Waals surface area contributed by atoms with Gasteiger partial charge < -0.3 is 14.6 Å². The number of rotatable bonds is 1. The fourth-order valence-corrected chi connectivity index (χ4v) is 4.66. The summed E-state index contributed by atoms with van der Waals surface area (Å²) in [6.07, 6.45) is 1.39. The molecule has 5 nitrogen and oxygen atoms in total. The average Bonchev–Trinajstić information content (AvgIpc) is 2.80. The lowest BCUT2D eigenvalue weighted by Crippen LogP contribution is -2.45. The third-order valence-electron chi connectivity index (χ3n) is 5.05. The Balaban J connectivity index is 2.01. The van der Waals surface area contributed by atoms with Crippen LogP contribution in [0.3, 0.4) is 0 Å². The molecule has 1 N–H and O–H groups in total. The van der Waals surface area contributed by atoms with E-state index in [9.17, 15) is 14.5 Å². The Morgan fingerprint density at radius 1 is 1.36 bits per heavy atom. The number of hydrogen-bond acceptors (Lipinski definition) is 3. The predicted molar refractivity (Wildman–Crippen MR) is 104 cm³/mol. The molecule has 0 aromatic heterocycles. The Labute approximate surface area is 160 Å². The third kappa shape index (κ3) is 3.59. The van der Waals surface area contributed by atoms with Crippen molar-refractivity contribution < 1.29 is 14.5 Å². The summed E-state index contributed by atoms with van der Waals surface area (Å²) < 4.78 is 17.9. The highest BCUT2D eigenvalue weighted by Crippen LogP contribution is 2.46. The lowest BCUT2D eigenvalue weighted by Gasteiger charge is -2.38. The van der Waals surface area contributed by atoms with E-state index in [-0.39, 0.29) is 5.41 Å². The second-order valence-corrected chi connectivity index (χ2v) is 10.7. The summed E-state index contributed by atoms with van der Waals surface area (Å²) in [5.74, 6) is 0. The molecule has 1 fully saturated rings. The molecule has 136 valence electrons. The first-order valence-corrected chi connectivity index (χ1v) is 10.3. The van der Waals surface area contributed by atoms with Crippen LogP contribution >= 0.6 is 15.9 Å². The molecule has 0 unspecified atom stereocenters. The Morgan fingerprint density at radius 3 is 2.56 bits per heavy atom. The molecule has 1 heterocycles. The molecule has 1 saturated heterocycles. The van der Waals surface area contributed by atoms with Crippen LogP contribution in [0.4, 0.5) is 4.79 Å². The molecule has 0 saturated carbocycles. The van der Waals surface area contributed by atoms with Crippen LogP contribution in [0.15, 0.2) is 27.1 Å². The van der Waals surface area contributed by atoms with Gasteiger partial charge >= 0.3 is 6.09 Å². The van der Waals surface area contributed by atoms with E-state index in [1.807, 2.05) is 32.9 Å². The van der Waals surface area contributed by atoms with Gasteiger partial charge in [0.1, 0.15) is 21.8 Å². The fraction of sp³-hybridized carbons (Fsp3) is 0.556. The van der Waals surface area contributed by atoms with Crippen molar-refractivity contribution >= 4 is 39.1 Å². The van der Waals surface area contributed by atoms with Crippen LogP contribution in [0.1, 0.15) is 44.7 Å². The monoisotopic (exact) mass is 426 g/mol. The van der Waals surface area contributed by atoms with Gasteiger partial charge in [0.25, 0.3) is 0 Å². The minimum absolute atomic E-state index is 0.212. The molecule has 1 amide bonds. The molecule has 3 rings (SSSR count). The van der Waals surface area contributed by atoms with Crippen molar-refractivity contribution in [2.45, 2.75) is 44.8 Å². The van der Waals surface area contributed by atoms with Gasteiger partial charge in [0.2, 0.25) is 0 Å².